The van der Waals surface area contributed by atoms with E-state index < -0.39 is 0 Å². The van der Waals surface area contributed by atoms with Crippen molar-refractivity contribution < 1.29 is 4.79 Å². The Balaban J connectivity index is 0.000000921. The SMILES string of the molecule is CC.CNC(=O)Nc1ccc(C)c(Cl)c1. The number of urea groups is 1. The van der Waals surface area contributed by atoms with Crippen LogP contribution in [0.15, 0.2) is 18.2 Å². The molecule has 0 fully saturated rings. The van der Waals surface area contributed by atoms with Crippen LogP contribution in [-0.4, -0.2) is 13.1 Å². The van der Waals surface area contributed by atoms with Crippen molar-refractivity contribution in [2.75, 3.05) is 12.4 Å². The zero-order valence-corrected chi connectivity index (χ0v) is 10.3. The lowest BCUT2D eigenvalue weighted by atomic mass is 10.2. The number of rotatable bonds is 1. The molecule has 1 aromatic rings. The minimum atomic E-state index is -0.250. The summed E-state index contributed by atoms with van der Waals surface area (Å²) < 4.78 is 0. The monoisotopic (exact) mass is 228 g/mol. The molecule has 1 rings (SSSR count). The summed E-state index contributed by atoms with van der Waals surface area (Å²) in [6, 6.07) is 5.12. The molecule has 1 aromatic carbocycles. The molecule has 2 N–H and O–H groups in total. The highest BCUT2D eigenvalue weighted by Gasteiger charge is 2.00. The maximum absolute atomic E-state index is 10.9. The summed E-state index contributed by atoms with van der Waals surface area (Å²) in [5.74, 6) is 0. The van der Waals surface area contributed by atoms with Crippen LogP contribution in [0.1, 0.15) is 19.4 Å². The largest absolute Gasteiger partial charge is 0.341 e. The van der Waals surface area contributed by atoms with Crippen molar-refractivity contribution in [2.45, 2.75) is 20.8 Å². The second kappa shape index (κ2) is 7.12. The van der Waals surface area contributed by atoms with Crippen LogP contribution < -0.4 is 10.6 Å². The van der Waals surface area contributed by atoms with Gasteiger partial charge in [-0.1, -0.05) is 31.5 Å². The molecule has 0 unspecified atom stereocenters. The normalized spacial score (nSPS) is 8.60. The Morgan fingerprint density at radius 1 is 1.33 bits per heavy atom. The van der Waals surface area contributed by atoms with Gasteiger partial charge in [-0.05, 0) is 24.6 Å². The molecule has 0 saturated carbocycles. The average molecular weight is 229 g/mol. The fourth-order valence-electron chi connectivity index (χ4n) is 0.864. The second-order valence-electron chi connectivity index (χ2n) is 2.67. The summed E-state index contributed by atoms with van der Waals surface area (Å²) in [6.07, 6.45) is 0. The maximum atomic E-state index is 10.9. The molecule has 15 heavy (non-hydrogen) atoms. The van der Waals surface area contributed by atoms with Crippen LogP contribution >= 0.6 is 11.6 Å². The van der Waals surface area contributed by atoms with Crippen LogP contribution in [0.25, 0.3) is 0 Å². The van der Waals surface area contributed by atoms with Gasteiger partial charge in [0.1, 0.15) is 0 Å². The fourth-order valence-corrected chi connectivity index (χ4v) is 1.04. The van der Waals surface area contributed by atoms with Crippen LogP contribution in [0.5, 0.6) is 0 Å². The summed E-state index contributed by atoms with van der Waals surface area (Å²) >= 11 is 5.87. The number of nitrogens with one attached hydrogen (secondary N) is 2. The Labute approximate surface area is 95.8 Å². The second-order valence-corrected chi connectivity index (χ2v) is 3.08. The van der Waals surface area contributed by atoms with Gasteiger partial charge in [-0.3, -0.25) is 0 Å². The van der Waals surface area contributed by atoms with E-state index >= 15 is 0 Å². The third-order valence-electron chi connectivity index (χ3n) is 1.66. The lowest BCUT2D eigenvalue weighted by Gasteiger charge is -2.05. The highest BCUT2D eigenvalue weighted by Crippen LogP contribution is 2.19. The van der Waals surface area contributed by atoms with Gasteiger partial charge in [0.15, 0.2) is 0 Å². The van der Waals surface area contributed by atoms with Crippen LogP contribution in [0, 0.1) is 6.92 Å². The Morgan fingerprint density at radius 2 is 1.93 bits per heavy atom. The van der Waals surface area contributed by atoms with Crippen molar-refractivity contribution in [3.8, 4) is 0 Å². The molecule has 3 nitrogen and oxygen atoms in total. The number of benzene rings is 1. The first-order valence-corrected chi connectivity index (χ1v) is 5.26. The first-order chi connectivity index (χ1) is 7.13. The number of aryl methyl sites for hydroxylation is 1. The molecular weight excluding hydrogens is 212 g/mol. The van der Waals surface area contributed by atoms with Crippen molar-refractivity contribution in [1.29, 1.82) is 0 Å². The van der Waals surface area contributed by atoms with Crippen molar-refractivity contribution in [3.05, 3.63) is 28.8 Å². The number of anilines is 1. The third-order valence-corrected chi connectivity index (χ3v) is 2.06. The number of amides is 2. The van der Waals surface area contributed by atoms with Gasteiger partial charge in [-0.25, -0.2) is 4.79 Å². The summed E-state index contributed by atoms with van der Waals surface area (Å²) in [5.41, 5.74) is 1.68. The smallest absolute Gasteiger partial charge is 0.318 e. The Morgan fingerprint density at radius 3 is 2.40 bits per heavy atom. The van der Waals surface area contributed by atoms with Crippen molar-refractivity contribution in [3.63, 3.8) is 0 Å². The standard InChI is InChI=1S/C9H11ClN2O.C2H6/c1-6-3-4-7(5-8(6)10)12-9(13)11-2;1-2/h3-5H,1-2H3,(H2,11,12,13);1-2H3. The molecule has 0 spiro atoms. The first kappa shape index (κ1) is 13.8. The third kappa shape index (κ3) is 4.70. The van der Waals surface area contributed by atoms with Crippen molar-refractivity contribution >= 4 is 23.3 Å². The molecule has 0 aliphatic heterocycles. The van der Waals surface area contributed by atoms with E-state index in [1.165, 1.54) is 0 Å². The molecule has 4 heteroatoms. The Kier molecular flexibility index (Phi) is 6.54. The van der Waals surface area contributed by atoms with Gasteiger partial charge in [0, 0.05) is 17.8 Å². The van der Waals surface area contributed by atoms with Gasteiger partial charge >= 0.3 is 6.03 Å². The van der Waals surface area contributed by atoms with Gasteiger partial charge in [0.05, 0.1) is 0 Å². The van der Waals surface area contributed by atoms with Crippen molar-refractivity contribution in [2.24, 2.45) is 0 Å². The minimum absolute atomic E-state index is 0.250. The lowest BCUT2D eigenvalue weighted by molar-refractivity contribution is 0.254. The molecule has 0 bridgehead atoms. The van der Waals surface area contributed by atoms with E-state index in [9.17, 15) is 4.79 Å². The minimum Gasteiger partial charge on any atom is -0.341 e. The number of hydrogen-bond donors (Lipinski definition) is 2. The number of hydrogen-bond acceptors (Lipinski definition) is 1. The van der Waals surface area contributed by atoms with Gasteiger partial charge in [0.25, 0.3) is 0 Å². The van der Waals surface area contributed by atoms with E-state index in [1.54, 1.807) is 19.2 Å². The molecule has 2 amide bonds. The predicted octanol–water partition coefficient (Wildman–Crippen LogP) is 3.43. The quantitative estimate of drug-likeness (QED) is 0.760. The number of carbonyl (C=O) groups excluding carboxylic acids is 1. The van der Waals surface area contributed by atoms with Crippen molar-refractivity contribution in [1.82, 2.24) is 5.32 Å². The number of carbonyl (C=O) groups is 1. The average Bonchev–Trinajstić information content (AvgIpc) is 2.26. The zero-order valence-electron chi connectivity index (χ0n) is 9.52. The summed E-state index contributed by atoms with van der Waals surface area (Å²) in [7, 11) is 1.56. The predicted molar refractivity (Wildman–Crippen MR) is 65.6 cm³/mol. The Bertz CT molecular complexity index is 326. The van der Waals surface area contributed by atoms with E-state index in [2.05, 4.69) is 10.6 Å². The van der Waals surface area contributed by atoms with Gasteiger partial charge < -0.3 is 10.6 Å². The van der Waals surface area contributed by atoms with E-state index in [-0.39, 0.29) is 6.03 Å². The summed E-state index contributed by atoms with van der Waals surface area (Å²) in [5, 5.41) is 5.73. The summed E-state index contributed by atoms with van der Waals surface area (Å²) in [4.78, 5) is 10.9. The van der Waals surface area contributed by atoms with Gasteiger partial charge in [0.2, 0.25) is 0 Å². The molecule has 0 heterocycles. The van der Waals surface area contributed by atoms with E-state index in [0.29, 0.717) is 10.7 Å². The highest BCUT2D eigenvalue weighted by molar-refractivity contribution is 6.31. The topological polar surface area (TPSA) is 41.1 Å². The molecule has 0 aromatic heterocycles. The van der Waals surface area contributed by atoms with E-state index in [0.717, 1.165) is 5.56 Å². The van der Waals surface area contributed by atoms with Crippen LogP contribution in [0.4, 0.5) is 10.5 Å². The maximum Gasteiger partial charge on any atom is 0.318 e. The van der Waals surface area contributed by atoms with Gasteiger partial charge in [-0.2, -0.15) is 0 Å². The van der Waals surface area contributed by atoms with Crippen LogP contribution in [0.3, 0.4) is 0 Å². The fraction of sp³-hybridized carbons (Fsp3) is 0.364. The molecule has 0 aliphatic rings. The zero-order chi connectivity index (χ0) is 11.8. The Hall–Kier alpha value is -1.22. The van der Waals surface area contributed by atoms with E-state index in [4.69, 9.17) is 11.6 Å². The lowest BCUT2D eigenvalue weighted by Crippen LogP contribution is -2.24. The highest BCUT2D eigenvalue weighted by atomic mass is 35.5. The number of halogens is 1. The molecule has 0 radical (unpaired) electrons. The molecule has 0 saturated heterocycles. The summed E-state index contributed by atoms with van der Waals surface area (Å²) in [6.45, 7) is 5.91. The first-order valence-electron chi connectivity index (χ1n) is 4.88. The molecular formula is C11H17ClN2O. The molecule has 0 aliphatic carbocycles. The molecule has 0 atom stereocenters. The molecule has 84 valence electrons. The van der Waals surface area contributed by atoms with Crippen LogP contribution in [0.2, 0.25) is 5.02 Å². The van der Waals surface area contributed by atoms with Gasteiger partial charge in [-0.15, -0.1) is 0 Å². The van der Waals surface area contributed by atoms with Crippen LogP contribution in [-0.2, 0) is 0 Å². The van der Waals surface area contributed by atoms with E-state index in [1.807, 2.05) is 26.8 Å².